The van der Waals surface area contributed by atoms with Crippen LogP contribution in [0.2, 0.25) is 10.0 Å². The summed E-state index contributed by atoms with van der Waals surface area (Å²) in [5.74, 6) is 0.676. The van der Waals surface area contributed by atoms with E-state index in [0.29, 0.717) is 16.0 Å². The summed E-state index contributed by atoms with van der Waals surface area (Å²) in [5.41, 5.74) is 5.68. The molecule has 6 heteroatoms. The van der Waals surface area contributed by atoms with Crippen LogP contribution in [0.3, 0.4) is 0 Å². The molecular formula is C20H18Cl2N4. The largest absolute Gasteiger partial charge is 0.353 e. The van der Waals surface area contributed by atoms with Crippen LogP contribution in [0.5, 0.6) is 0 Å². The molecule has 0 bridgehead atoms. The maximum absolute atomic E-state index is 6.04. The molecule has 0 atom stereocenters. The van der Waals surface area contributed by atoms with E-state index < -0.39 is 0 Å². The van der Waals surface area contributed by atoms with Crippen LogP contribution in [0.1, 0.15) is 11.1 Å². The lowest BCUT2D eigenvalue weighted by atomic mass is 10.1. The molecule has 4 nitrogen and oxygen atoms in total. The van der Waals surface area contributed by atoms with Crippen molar-refractivity contribution in [2.75, 3.05) is 13.1 Å². The maximum Gasteiger partial charge on any atom is 0.212 e. The number of halogens is 2. The highest BCUT2D eigenvalue weighted by atomic mass is 35.5. The minimum absolute atomic E-state index is 0.676. The Labute approximate surface area is 162 Å². The summed E-state index contributed by atoms with van der Waals surface area (Å²) in [5, 5.41) is 8.93. The third kappa shape index (κ3) is 5.76. The first-order chi connectivity index (χ1) is 12.7. The Morgan fingerprint density at radius 3 is 2.12 bits per heavy atom. The summed E-state index contributed by atoms with van der Waals surface area (Å²) in [4.78, 5) is 4.27. The van der Waals surface area contributed by atoms with Crippen molar-refractivity contribution in [1.82, 2.24) is 10.7 Å². The molecule has 0 saturated heterocycles. The Hall–Kier alpha value is -2.56. The lowest BCUT2D eigenvalue weighted by Crippen LogP contribution is -2.30. The number of guanidine groups is 1. The quantitative estimate of drug-likeness (QED) is 0.583. The molecule has 1 heterocycles. The van der Waals surface area contributed by atoms with Gasteiger partial charge in [0.05, 0.1) is 12.3 Å². The van der Waals surface area contributed by atoms with Crippen molar-refractivity contribution in [3.8, 4) is 0 Å². The highest BCUT2D eigenvalue weighted by molar-refractivity contribution is 6.31. The third-order valence-corrected chi connectivity index (χ3v) is 4.03. The molecule has 0 radical (unpaired) electrons. The van der Waals surface area contributed by atoms with Gasteiger partial charge in [-0.3, -0.25) is 0 Å². The van der Waals surface area contributed by atoms with Crippen LogP contribution in [-0.4, -0.2) is 24.8 Å². The van der Waals surface area contributed by atoms with Crippen LogP contribution in [0.25, 0.3) is 12.2 Å². The molecule has 0 unspecified atom stereocenters. The van der Waals surface area contributed by atoms with Gasteiger partial charge in [0.15, 0.2) is 0 Å². The molecule has 0 saturated carbocycles. The minimum Gasteiger partial charge on any atom is -0.353 e. The van der Waals surface area contributed by atoms with Crippen LogP contribution >= 0.6 is 23.2 Å². The zero-order chi connectivity index (χ0) is 18.2. The molecule has 132 valence electrons. The number of hydrogen-bond donors (Lipinski definition) is 2. The second-order valence-electron chi connectivity index (χ2n) is 5.58. The number of nitrogens with one attached hydrogen (secondary N) is 2. The van der Waals surface area contributed by atoms with E-state index in [-0.39, 0.29) is 0 Å². The van der Waals surface area contributed by atoms with Crippen molar-refractivity contribution >= 4 is 47.0 Å². The second-order valence-corrected chi connectivity index (χ2v) is 6.46. The zero-order valence-corrected chi connectivity index (χ0v) is 15.5. The van der Waals surface area contributed by atoms with Crippen LogP contribution < -0.4 is 10.7 Å². The molecule has 2 aromatic rings. The monoisotopic (exact) mass is 384 g/mol. The molecule has 0 aliphatic carbocycles. The van der Waals surface area contributed by atoms with Crippen LogP contribution in [0, 0.1) is 0 Å². The van der Waals surface area contributed by atoms with Gasteiger partial charge in [-0.15, -0.1) is 0 Å². The van der Waals surface area contributed by atoms with Crippen LogP contribution in [0.4, 0.5) is 0 Å². The molecular weight excluding hydrogens is 367 g/mol. The first kappa shape index (κ1) is 18.2. The predicted molar refractivity (Wildman–Crippen MR) is 112 cm³/mol. The molecule has 0 amide bonds. The van der Waals surface area contributed by atoms with Gasteiger partial charge >= 0.3 is 0 Å². The average Bonchev–Trinajstić information content (AvgIpc) is 3.15. The van der Waals surface area contributed by atoms with Crippen molar-refractivity contribution in [3.05, 3.63) is 81.9 Å². The van der Waals surface area contributed by atoms with Crippen molar-refractivity contribution in [3.63, 3.8) is 0 Å². The number of nitrogens with zero attached hydrogens (tertiary/aromatic N) is 2. The zero-order valence-electron chi connectivity index (χ0n) is 14.0. The number of allylic oxidation sites excluding steroid dienone is 2. The third-order valence-electron chi connectivity index (χ3n) is 3.56. The molecule has 0 fully saturated rings. The molecule has 2 N–H and O–H groups in total. The van der Waals surface area contributed by atoms with Gasteiger partial charge in [-0.2, -0.15) is 5.10 Å². The summed E-state index contributed by atoms with van der Waals surface area (Å²) >= 11 is 12.1. The Kier molecular flexibility index (Phi) is 6.47. The van der Waals surface area contributed by atoms with E-state index in [2.05, 4.69) is 20.8 Å². The van der Waals surface area contributed by atoms with Gasteiger partial charge in [0.1, 0.15) is 0 Å². The van der Waals surface area contributed by atoms with Gasteiger partial charge in [-0.1, -0.05) is 59.6 Å². The molecule has 26 heavy (non-hydrogen) atoms. The van der Waals surface area contributed by atoms with E-state index in [1.165, 1.54) is 0 Å². The smallest absolute Gasteiger partial charge is 0.212 e. The van der Waals surface area contributed by atoms with Gasteiger partial charge in [0.25, 0.3) is 0 Å². The van der Waals surface area contributed by atoms with Gasteiger partial charge in [-0.05, 0) is 47.5 Å². The van der Waals surface area contributed by atoms with Gasteiger partial charge in [-0.25, -0.2) is 10.4 Å². The Balaban J connectivity index is 1.79. The minimum atomic E-state index is 0.676. The summed E-state index contributed by atoms with van der Waals surface area (Å²) in [6.07, 6.45) is 7.74. The Morgan fingerprint density at radius 2 is 1.62 bits per heavy atom. The van der Waals surface area contributed by atoms with E-state index in [0.717, 1.165) is 29.9 Å². The number of aliphatic imine (C=N–C) groups is 1. The van der Waals surface area contributed by atoms with E-state index >= 15 is 0 Å². The van der Waals surface area contributed by atoms with E-state index in [4.69, 9.17) is 23.2 Å². The molecule has 1 aliphatic heterocycles. The van der Waals surface area contributed by atoms with E-state index in [1.807, 2.05) is 72.8 Å². The number of hydrogen-bond acceptors (Lipinski definition) is 4. The topological polar surface area (TPSA) is 48.8 Å². The number of hydrazone groups is 1. The first-order valence-corrected chi connectivity index (χ1v) is 8.94. The lowest BCUT2D eigenvalue weighted by Gasteiger charge is -2.02. The summed E-state index contributed by atoms with van der Waals surface area (Å²) in [7, 11) is 0. The Morgan fingerprint density at radius 1 is 1.00 bits per heavy atom. The predicted octanol–water partition coefficient (Wildman–Crippen LogP) is 4.62. The Bertz CT molecular complexity index is 827. The maximum atomic E-state index is 6.04. The van der Waals surface area contributed by atoms with E-state index in [9.17, 15) is 0 Å². The van der Waals surface area contributed by atoms with Crippen molar-refractivity contribution in [1.29, 1.82) is 0 Å². The summed E-state index contributed by atoms with van der Waals surface area (Å²) < 4.78 is 0. The van der Waals surface area contributed by atoms with Crippen LogP contribution in [0.15, 0.2) is 70.8 Å². The molecule has 2 aromatic carbocycles. The fourth-order valence-electron chi connectivity index (χ4n) is 2.30. The highest BCUT2D eigenvalue weighted by Crippen LogP contribution is 2.13. The van der Waals surface area contributed by atoms with Crippen molar-refractivity contribution < 1.29 is 0 Å². The normalized spacial score (nSPS) is 13.7. The molecule has 0 aromatic heterocycles. The number of rotatable bonds is 5. The average molecular weight is 385 g/mol. The summed E-state index contributed by atoms with van der Waals surface area (Å²) in [6.45, 7) is 1.58. The van der Waals surface area contributed by atoms with Gasteiger partial charge < -0.3 is 5.32 Å². The first-order valence-electron chi connectivity index (χ1n) is 8.18. The molecule has 1 aliphatic rings. The van der Waals surface area contributed by atoms with Crippen LogP contribution in [-0.2, 0) is 0 Å². The SMILES string of the molecule is Clc1cccc(C=CC(C=Cc2cccc(Cl)c2)=NNC2=NCCN2)c1. The summed E-state index contributed by atoms with van der Waals surface area (Å²) in [6, 6.07) is 15.3. The number of benzene rings is 2. The standard InChI is InChI=1S/C20H18Cl2N4/c21-17-5-1-3-15(13-17)7-9-19(25-26-20-23-11-12-24-20)10-8-16-4-2-6-18(22)14-16/h1-10,13-14H,11-12H2,(H2,23,24,26). The second kappa shape index (κ2) is 9.22. The van der Waals surface area contributed by atoms with Gasteiger partial charge in [0.2, 0.25) is 5.96 Å². The fourth-order valence-corrected chi connectivity index (χ4v) is 2.70. The van der Waals surface area contributed by atoms with Gasteiger partial charge in [0, 0.05) is 16.6 Å². The molecule has 0 spiro atoms. The van der Waals surface area contributed by atoms with E-state index in [1.54, 1.807) is 0 Å². The lowest BCUT2D eigenvalue weighted by molar-refractivity contribution is 0.918. The van der Waals surface area contributed by atoms with Crippen molar-refractivity contribution in [2.24, 2.45) is 10.1 Å². The molecule has 3 rings (SSSR count). The highest BCUT2D eigenvalue weighted by Gasteiger charge is 2.02. The fraction of sp³-hybridized carbons (Fsp3) is 0.100. The van der Waals surface area contributed by atoms with Crippen molar-refractivity contribution in [2.45, 2.75) is 0 Å².